The molecule has 0 radical (unpaired) electrons. The highest BCUT2D eigenvalue weighted by molar-refractivity contribution is 6.13. The first kappa shape index (κ1) is 38.1. The van der Waals surface area contributed by atoms with Crippen LogP contribution in [0.15, 0.2) is 152 Å². The second-order valence-corrected chi connectivity index (χ2v) is 17.1. The Labute approximate surface area is 348 Å². The minimum absolute atomic E-state index is 0.364. The second-order valence-electron chi connectivity index (χ2n) is 17.1. The van der Waals surface area contributed by atoms with E-state index in [1.807, 2.05) is 6.20 Å². The van der Waals surface area contributed by atoms with E-state index in [-0.39, 0.29) is 0 Å². The maximum absolute atomic E-state index is 5.28. The van der Waals surface area contributed by atoms with Crippen LogP contribution in [0.1, 0.15) is 101 Å². The van der Waals surface area contributed by atoms with Crippen molar-refractivity contribution < 1.29 is 0 Å². The molecule has 0 N–H and O–H groups in total. The fourth-order valence-corrected chi connectivity index (χ4v) is 9.09. The standard InChI is InChI=1S/C54H53N5/c1-34(2)42-22-15-23-43(35(3)4)51(42)50-33-56-54-48-32-41(27-28-46(48)47-21-12-13-26-49(47)59(50)54)58(39-18-10-9-11-19-39)40-20-14-17-38(31-40)53-55-29-30-57(53)52-44(36(5)6)24-16-25-45(52)37(7)8/h9-37H,1-8H3. The minimum atomic E-state index is 0.364. The van der Waals surface area contributed by atoms with E-state index < -0.39 is 0 Å². The summed E-state index contributed by atoms with van der Waals surface area (Å²) in [5.41, 5.74) is 15.4. The topological polar surface area (TPSA) is 38.4 Å². The maximum atomic E-state index is 5.28. The number of fused-ring (bicyclic) bond motifs is 6. The van der Waals surface area contributed by atoms with E-state index in [0.717, 1.165) is 50.7 Å². The molecule has 5 nitrogen and oxygen atoms in total. The zero-order valence-corrected chi connectivity index (χ0v) is 35.5. The molecule has 3 aromatic heterocycles. The van der Waals surface area contributed by atoms with E-state index >= 15 is 0 Å². The first-order valence-corrected chi connectivity index (χ1v) is 21.2. The van der Waals surface area contributed by atoms with E-state index in [0.29, 0.717) is 23.7 Å². The molecule has 0 aliphatic heterocycles. The van der Waals surface area contributed by atoms with Crippen LogP contribution in [0.3, 0.4) is 0 Å². The van der Waals surface area contributed by atoms with Gasteiger partial charge in [0.05, 0.1) is 23.1 Å². The molecule has 9 aromatic rings. The summed E-state index contributed by atoms with van der Waals surface area (Å²) in [7, 11) is 0. The van der Waals surface area contributed by atoms with Gasteiger partial charge in [0.1, 0.15) is 11.5 Å². The Bertz CT molecular complexity index is 2910. The molecule has 0 atom stereocenters. The molecule has 0 aliphatic carbocycles. The van der Waals surface area contributed by atoms with E-state index in [4.69, 9.17) is 9.97 Å². The third kappa shape index (κ3) is 6.59. The highest BCUT2D eigenvalue weighted by Crippen LogP contribution is 2.43. The van der Waals surface area contributed by atoms with Gasteiger partial charge in [-0.2, -0.15) is 0 Å². The van der Waals surface area contributed by atoms with Crippen molar-refractivity contribution in [1.82, 2.24) is 18.9 Å². The second kappa shape index (κ2) is 15.4. The Balaban J connectivity index is 1.26. The van der Waals surface area contributed by atoms with Gasteiger partial charge in [-0.05, 0) is 93.8 Å². The summed E-state index contributed by atoms with van der Waals surface area (Å²) in [5.74, 6) is 2.38. The summed E-state index contributed by atoms with van der Waals surface area (Å²) in [6, 6.07) is 48.7. The third-order valence-electron chi connectivity index (χ3n) is 11.9. The van der Waals surface area contributed by atoms with Crippen LogP contribution in [0.5, 0.6) is 0 Å². The zero-order chi connectivity index (χ0) is 40.9. The predicted molar refractivity (Wildman–Crippen MR) is 249 cm³/mol. The molecule has 0 amide bonds. The molecule has 0 bridgehead atoms. The number of hydrogen-bond donors (Lipinski definition) is 0. The first-order valence-electron chi connectivity index (χ1n) is 21.2. The van der Waals surface area contributed by atoms with Gasteiger partial charge < -0.3 is 4.90 Å². The fourth-order valence-electron chi connectivity index (χ4n) is 9.09. The number of benzene rings is 6. The highest BCUT2D eigenvalue weighted by Gasteiger charge is 2.24. The van der Waals surface area contributed by atoms with E-state index in [1.165, 1.54) is 44.3 Å². The van der Waals surface area contributed by atoms with Crippen molar-refractivity contribution in [3.8, 4) is 28.3 Å². The summed E-state index contributed by atoms with van der Waals surface area (Å²) in [5, 5.41) is 3.50. The van der Waals surface area contributed by atoms with Crippen molar-refractivity contribution in [3.05, 3.63) is 174 Å². The molecule has 0 unspecified atom stereocenters. The van der Waals surface area contributed by atoms with Gasteiger partial charge in [-0.25, -0.2) is 9.97 Å². The van der Waals surface area contributed by atoms with E-state index in [2.05, 4.69) is 215 Å². The van der Waals surface area contributed by atoms with Crippen LogP contribution in [0.2, 0.25) is 0 Å². The van der Waals surface area contributed by atoms with Crippen LogP contribution >= 0.6 is 0 Å². The number of nitrogens with zero attached hydrogens (tertiary/aromatic N) is 5. The third-order valence-corrected chi connectivity index (χ3v) is 11.9. The number of pyridine rings is 1. The smallest absolute Gasteiger partial charge is 0.145 e. The van der Waals surface area contributed by atoms with Crippen molar-refractivity contribution in [1.29, 1.82) is 0 Å². The maximum Gasteiger partial charge on any atom is 0.145 e. The first-order chi connectivity index (χ1) is 28.6. The van der Waals surface area contributed by atoms with Crippen molar-refractivity contribution in [2.24, 2.45) is 0 Å². The van der Waals surface area contributed by atoms with E-state index in [1.54, 1.807) is 0 Å². The van der Waals surface area contributed by atoms with Gasteiger partial charge in [-0.1, -0.05) is 146 Å². The Morgan fingerprint density at radius 1 is 0.492 bits per heavy atom. The summed E-state index contributed by atoms with van der Waals surface area (Å²) in [4.78, 5) is 12.6. The zero-order valence-electron chi connectivity index (χ0n) is 35.5. The van der Waals surface area contributed by atoms with Crippen LogP contribution in [0, 0.1) is 0 Å². The minimum Gasteiger partial charge on any atom is -0.310 e. The predicted octanol–water partition coefficient (Wildman–Crippen LogP) is 15.1. The molecular formula is C54H53N5. The number of rotatable bonds is 10. The molecule has 59 heavy (non-hydrogen) atoms. The number of hydrogen-bond acceptors (Lipinski definition) is 3. The lowest BCUT2D eigenvalue weighted by molar-refractivity contribution is 0.806. The Hall–Kier alpha value is -6.46. The van der Waals surface area contributed by atoms with Gasteiger partial charge in [0.25, 0.3) is 0 Å². The van der Waals surface area contributed by atoms with Crippen molar-refractivity contribution in [2.75, 3.05) is 4.90 Å². The van der Waals surface area contributed by atoms with E-state index in [9.17, 15) is 0 Å². The Kier molecular flexibility index (Phi) is 9.92. The lowest BCUT2D eigenvalue weighted by Gasteiger charge is -2.27. The van der Waals surface area contributed by atoms with Crippen LogP contribution in [-0.4, -0.2) is 18.9 Å². The number of para-hydroxylation sites is 3. The fraction of sp³-hybridized carbons (Fsp3) is 0.222. The molecule has 0 aliphatic rings. The highest BCUT2D eigenvalue weighted by atomic mass is 15.1. The average Bonchev–Trinajstić information content (AvgIpc) is 3.92. The van der Waals surface area contributed by atoms with Gasteiger partial charge in [0.15, 0.2) is 0 Å². The summed E-state index contributed by atoms with van der Waals surface area (Å²) >= 11 is 0. The SMILES string of the molecule is CC(C)c1cccc(C(C)C)c1-c1cnc2c3cc(N(c4ccccc4)c4cccc(-c5nccn5-c5c(C(C)C)cccc5C(C)C)c4)ccc3c3ccccc3n12. The lowest BCUT2D eigenvalue weighted by atomic mass is 9.87. The Morgan fingerprint density at radius 2 is 1.08 bits per heavy atom. The number of anilines is 3. The molecule has 0 spiro atoms. The van der Waals surface area contributed by atoms with Crippen molar-refractivity contribution in [2.45, 2.75) is 79.1 Å². The summed E-state index contributed by atoms with van der Waals surface area (Å²) in [6.07, 6.45) is 6.15. The van der Waals surface area contributed by atoms with Gasteiger partial charge in [-0.15, -0.1) is 0 Å². The molecule has 0 saturated heterocycles. The Morgan fingerprint density at radius 3 is 1.76 bits per heavy atom. The monoisotopic (exact) mass is 771 g/mol. The van der Waals surface area contributed by atoms with Gasteiger partial charge in [0.2, 0.25) is 0 Å². The molecule has 9 rings (SSSR count). The van der Waals surface area contributed by atoms with Gasteiger partial charge in [-0.3, -0.25) is 8.97 Å². The number of aromatic nitrogens is 4. The van der Waals surface area contributed by atoms with Crippen LogP contribution in [0.4, 0.5) is 17.1 Å². The molecule has 294 valence electrons. The largest absolute Gasteiger partial charge is 0.310 e. The molecule has 3 heterocycles. The van der Waals surface area contributed by atoms with Gasteiger partial charge >= 0.3 is 0 Å². The summed E-state index contributed by atoms with van der Waals surface area (Å²) in [6.45, 7) is 18.3. The van der Waals surface area contributed by atoms with Crippen molar-refractivity contribution >= 4 is 44.4 Å². The molecule has 0 fully saturated rings. The van der Waals surface area contributed by atoms with Crippen LogP contribution in [-0.2, 0) is 0 Å². The van der Waals surface area contributed by atoms with Crippen molar-refractivity contribution in [3.63, 3.8) is 0 Å². The van der Waals surface area contributed by atoms with Crippen LogP contribution in [0.25, 0.3) is 55.7 Å². The average molecular weight is 772 g/mol. The normalized spacial score (nSPS) is 12.0. The van der Waals surface area contributed by atoms with Crippen LogP contribution < -0.4 is 4.90 Å². The van der Waals surface area contributed by atoms with Gasteiger partial charge in [0, 0.05) is 51.4 Å². The molecule has 6 aromatic carbocycles. The lowest BCUT2D eigenvalue weighted by Crippen LogP contribution is -2.11. The summed E-state index contributed by atoms with van der Waals surface area (Å²) < 4.78 is 4.70. The molecule has 0 saturated carbocycles. The number of imidazole rings is 2. The molecular weight excluding hydrogens is 719 g/mol. The quantitative estimate of drug-likeness (QED) is 0.130. The molecule has 5 heteroatoms.